The van der Waals surface area contributed by atoms with Gasteiger partial charge in [-0.05, 0) is 38.0 Å². The van der Waals surface area contributed by atoms with Crippen molar-refractivity contribution in [3.63, 3.8) is 0 Å². The van der Waals surface area contributed by atoms with E-state index in [1.54, 1.807) is 18.2 Å². The second-order valence-corrected chi connectivity index (χ2v) is 7.57. The van der Waals surface area contributed by atoms with Crippen LogP contribution < -0.4 is 5.32 Å². The smallest absolute Gasteiger partial charge is 0.313 e. The molecule has 0 unspecified atom stereocenters. The third-order valence-electron chi connectivity index (χ3n) is 5.63. The number of hydrogen-bond donors (Lipinski definition) is 1. The van der Waals surface area contributed by atoms with Crippen LogP contribution in [0.5, 0.6) is 0 Å². The molecule has 1 saturated heterocycles. The predicted molar refractivity (Wildman–Crippen MR) is 85.0 cm³/mol. The topological polar surface area (TPSA) is 55.4 Å². The van der Waals surface area contributed by atoms with Gasteiger partial charge in [-0.25, -0.2) is 0 Å². The second-order valence-electron chi connectivity index (χ2n) is 6.76. The molecule has 2 fully saturated rings. The minimum absolute atomic E-state index is 0.298. The van der Waals surface area contributed by atoms with Gasteiger partial charge in [0.1, 0.15) is 0 Å². The van der Waals surface area contributed by atoms with Gasteiger partial charge in [0.05, 0.1) is 15.5 Å². The molecule has 2 atom stereocenters. The van der Waals surface area contributed by atoms with E-state index in [2.05, 4.69) is 5.32 Å². The first-order chi connectivity index (χ1) is 10.1. The molecule has 2 aliphatic rings. The van der Waals surface area contributed by atoms with E-state index >= 15 is 0 Å². The molecule has 4 nitrogen and oxygen atoms in total. The number of fused-ring (bicyclic) bond motifs is 2. The molecule has 1 heterocycles. The Kier molecular flexibility index (Phi) is 3.28. The molecule has 1 aliphatic heterocycles. The van der Waals surface area contributed by atoms with Crippen LogP contribution in [0.4, 0.5) is 5.69 Å². The van der Waals surface area contributed by atoms with Crippen molar-refractivity contribution in [3.05, 3.63) is 28.2 Å². The van der Waals surface area contributed by atoms with Gasteiger partial charge in [0.15, 0.2) is 5.60 Å². The molecular weight excluding hydrogens is 325 g/mol. The Morgan fingerprint density at radius 3 is 2.36 bits per heavy atom. The lowest BCUT2D eigenvalue weighted by Gasteiger charge is -2.35. The van der Waals surface area contributed by atoms with Crippen molar-refractivity contribution in [3.8, 4) is 0 Å². The highest BCUT2D eigenvalue weighted by Gasteiger charge is 2.75. The number of nitrogens with one attached hydrogen (secondary N) is 1. The number of esters is 1. The Morgan fingerprint density at radius 2 is 1.86 bits per heavy atom. The van der Waals surface area contributed by atoms with Crippen LogP contribution in [0.25, 0.3) is 0 Å². The molecule has 0 aromatic heterocycles. The van der Waals surface area contributed by atoms with Gasteiger partial charge >= 0.3 is 5.97 Å². The van der Waals surface area contributed by atoms with Gasteiger partial charge in [-0.1, -0.05) is 37.0 Å². The summed E-state index contributed by atoms with van der Waals surface area (Å²) in [4.78, 5) is 25.0. The number of carbonyl (C=O) groups is 2. The summed E-state index contributed by atoms with van der Waals surface area (Å²) in [6.07, 6.45) is 1.17. The van der Waals surface area contributed by atoms with E-state index in [1.165, 1.54) is 0 Å². The zero-order valence-electron chi connectivity index (χ0n) is 12.6. The molecule has 2 bridgehead atoms. The summed E-state index contributed by atoms with van der Waals surface area (Å²) in [5.41, 5.74) is -1.80. The van der Waals surface area contributed by atoms with E-state index in [0.29, 0.717) is 28.6 Å². The largest absolute Gasteiger partial charge is 0.448 e. The van der Waals surface area contributed by atoms with Gasteiger partial charge < -0.3 is 10.1 Å². The maximum atomic E-state index is 12.8. The maximum Gasteiger partial charge on any atom is 0.313 e. The fraction of sp³-hybridized carbons (Fsp3) is 0.500. The van der Waals surface area contributed by atoms with Crippen molar-refractivity contribution >= 4 is 40.8 Å². The molecule has 1 aromatic carbocycles. The summed E-state index contributed by atoms with van der Waals surface area (Å²) in [6.45, 7) is 5.70. The highest BCUT2D eigenvalue weighted by molar-refractivity contribution is 6.42. The van der Waals surface area contributed by atoms with Crippen molar-refractivity contribution < 1.29 is 14.3 Å². The predicted octanol–water partition coefficient (Wildman–Crippen LogP) is 4.05. The summed E-state index contributed by atoms with van der Waals surface area (Å²) in [5.74, 6) is -0.612. The monoisotopic (exact) mass is 341 g/mol. The lowest BCUT2D eigenvalue weighted by molar-refractivity contribution is -0.165. The normalized spacial score (nSPS) is 32.0. The van der Waals surface area contributed by atoms with Crippen molar-refractivity contribution in [1.82, 2.24) is 0 Å². The average molecular weight is 342 g/mol. The summed E-state index contributed by atoms with van der Waals surface area (Å²) >= 11 is 11.8. The summed E-state index contributed by atoms with van der Waals surface area (Å²) in [5, 5.41) is 3.58. The summed E-state index contributed by atoms with van der Waals surface area (Å²) in [6, 6.07) is 4.86. The lowest BCUT2D eigenvalue weighted by Crippen LogP contribution is -2.50. The van der Waals surface area contributed by atoms with Crippen LogP contribution in [0.3, 0.4) is 0 Å². The first-order valence-corrected chi connectivity index (χ1v) is 7.90. The molecule has 118 valence electrons. The van der Waals surface area contributed by atoms with Crippen LogP contribution in [0.15, 0.2) is 18.2 Å². The summed E-state index contributed by atoms with van der Waals surface area (Å²) < 4.78 is 5.54. The molecule has 1 aliphatic carbocycles. The van der Waals surface area contributed by atoms with Crippen LogP contribution in [0.2, 0.25) is 10.0 Å². The van der Waals surface area contributed by atoms with E-state index in [-0.39, 0.29) is 11.9 Å². The third kappa shape index (κ3) is 1.77. The quantitative estimate of drug-likeness (QED) is 0.825. The zero-order valence-corrected chi connectivity index (χ0v) is 14.1. The Balaban J connectivity index is 1.92. The fourth-order valence-corrected chi connectivity index (χ4v) is 3.85. The fourth-order valence-electron chi connectivity index (χ4n) is 3.55. The SMILES string of the molecule is CC1(C)[C@@]2(C)CC[C@@]1(C(=O)Nc1ccc(Cl)c(Cl)c1)OC2=O. The molecule has 0 spiro atoms. The Bertz CT molecular complexity index is 688. The molecule has 6 heteroatoms. The van der Waals surface area contributed by atoms with Crippen molar-refractivity contribution in [1.29, 1.82) is 0 Å². The van der Waals surface area contributed by atoms with Crippen LogP contribution in [0, 0.1) is 10.8 Å². The first kappa shape index (κ1) is 15.6. The van der Waals surface area contributed by atoms with E-state index in [1.807, 2.05) is 20.8 Å². The lowest BCUT2D eigenvalue weighted by atomic mass is 9.66. The molecule has 1 saturated carbocycles. The number of ether oxygens (including phenoxy) is 1. The van der Waals surface area contributed by atoms with E-state index in [0.717, 1.165) is 0 Å². The molecule has 1 amide bonds. The van der Waals surface area contributed by atoms with E-state index in [4.69, 9.17) is 27.9 Å². The van der Waals surface area contributed by atoms with Gasteiger partial charge in [-0.2, -0.15) is 0 Å². The van der Waals surface area contributed by atoms with Gasteiger partial charge in [-0.15, -0.1) is 0 Å². The minimum atomic E-state index is -1.13. The molecule has 0 radical (unpaired) electrons. The highest BCUT2D eigenvalue weighted by Crippen LogP contribution is 2.65. The highest BCUT2D eigenvalue weighted by atomic mass is 35.5. The molecule has 1 aromatic rings. The molecule has 22 heavy (non-hydrogen) atoms. The molecular formula is C16H17Cl2NO3. The second kappa shape index (κ2) is 4.62. The van der Waals surface area contributed by atoms with E-state index < -0.39 is 16.4 Å². The molecule has 1 N–H and O–H groups in total. The Labute approximate surface area is 139 Å². The van der Waals surface area contributed by atoms with Crippen LogP contribution >= 0.6 is 23.2 Å². The van der Waals surface area contributed by atoms with Gasteiger partial charge in [0.2, 0.25) is 0 Å². The minimum Gasteiger partial charge on any atom is -0.448 e. The standard InChI is InChI=1S/C16H17Cl2NO3/c1-14(2)15(3)6-7-16(14,22-13(15)21)12(20)19-9-4-5-10(17)11(18)8-9/h4-5,8H,6-7H2,1-3H3,(H,19,20)/t15-,16-/m0/s1. The Hall–Kier alpha value is -1.26. The number of benzene rings is 1. The van der Waals surface area contributed by atoms with E-state index in [9.17, 15) is 9.59 Å². The number of amides is 1. The summed E-state index contributed by atoms with van der Waals surface area (Å²) in [7, 11) is 0. The Morgan fingerprint density at radius 1 is 1.18 bits per heavy atom. The number of rotatable bonds is 2. The number of anilines is 1. The average Bonchev–Trinajstić information content (AvgIpc) is 2.73. The number of halogens is 2. The maximum absolute atomic E-state index is 12.8. The van der Waals surface area contributed by atoms with Gasteiger partial charge in [0, 0.05) is 11.1 Å². The van der Waals surface area contributed by atoms with Gasteiger partial charge in [0.25, 0.3) is 5.91 Å². The van der Waals surface area contributed by atoms with Crippen molar-refractivity contribution in [2.45, 2.75) is 39.2 Å². The number of hydrogen-bond acceptors (Lipinski definition) is 3. The molecule has 3 rings (SSSR count). The van der Waals surface area contributed by atoms with Crippen LogP contribution in [0.1, 0.15) is 33.6 Å². The van der Waals surface area contributed by atoms with Crippen molar-refractivity contribution in [2.75, 3.05) is 5.32 Å². The first-order valence-electron chi connectivity index (χ1n) is 7.14. The van der Waals surface area contributed by atoms with Crippen LogP contribution in [-0.4, -0.2) is 17.5 Å². The zero-order chi connectivity index (χ0) is 16.3. The third-order valence-corrected chi connectivity index (χ3v) is 6.37. The van der Waals surface area contributed by atoms with Gasteiger partial charge in [-0.3, -0.25) is 9.59 Å². The van der Waals surface area contributed by atoms with Crippen LogP contribution in [-0.2, 0) is 14.3 Å². The number of carbonyl (C=O) groups excluding carboxylic acids is 2. The van der Waals surface area contributed by atoms with Crippen molar-refractivity contribution in [2.24, 2.45) is 10.8 Å².